The Morgan fingerprint density at radius 3 is 3.05 bits per heavy atom. The Hall–Kier alpha value is -1.33. The van der Waals surface area contributed by atoms with Crippen LogP contribution < -0.4 is 5.32 Å². The van der Waals surface area contributed by atoms with Gasteiger partial charge < -0.3 is 9.73 Å². The van der Waals surface area contributed by atoms with Crippen LogP contribution in [0, 0.1) is 0 Å². The third-order valence-corrected chi connectivity index (χ3v) is 4.65. The van der Waals surface area contributed by atoms with Gasteiger partial charge in [-0.2, -0.15) is 0 Å². The first-order chi connectivity index (χ1) is 9.86. The quantitative estimate of drug-likeness (QED) is 0.828. The van der Waals surface area contributed by atoms with Crippen LogP contribution >= 0.6 is 11.8 Å². The molecular formula is C15H19N3OS. The highest BCUT2D eigenvalue weighted by Gasteiger charge is 2.27. The van der Waals surface area contributed by atoms with Gasteiger partial charge in [0.1, 0.15) is 0 Å². The van der Waals surface area contributed by atoms with Gasteiger partial charge in [0.05, 0.1) is 5.25 Å². The number of thioether (sulfide) groups is 1. The van der Waals surface area contributed by atoms with Crippen LogP contribution in [0.1, 0.15) is 35.9 Å². The van der Waals surface area contributed by atoms with Crippen LogP contribution in [0.5, 0.6) is 0 Å². The highest BCUT2D eigenvalue weighted by molar-refractivity contribution is 7.99. The summed E-state index contributed by atoms with van der Waals surface area (Å²) in [6.45, 7) is 4.09. The standard InChI is InChI=1S/C15H19N3OS/c1-2-8-16-9-7-14-17-18-15(19-14)13-10-11-5-3-4-6-12(11)20-13/h3-6,13,16H,2,7-10H2,1H3. The van der Waals surface area contributed by atoms with Crippen molar-refractivity contribution in [2.75, 3.05) is 13.1 Å². The Morgan fingerprint density at radius 1 is 1.30 bits per heavy atom. The van der Waals surface area contributed by atoms with Crippen molar-refractivity contribution in [1.29, 1.82) is 0 Å². The van der Waals surface area contributed by atoms with E-state index in [1.165, 1.54) is 10.5 Å². The van der Waals surface area contributed by atoms with Crippen molar-refractivity contribution in [2.45, 2.75) is 36.3 Å². The molecule has 0 fully saturated rings. The molecule has 1 N–H and O–H groups in total. The van der Waals surface area contributed by atoms with Gasteiger partial charge in [-0.25, -0.2) is 0 Å². The Labute approximate surface area is 123 Å². The van der Waals surface area contributed by atoms with Crippen LogP contribution in [0.25, 0.3) is 0 Å². The molecule has 1 atom stereocenters. The van der Waals surface area contributed by atoms with E-state index in [4.69, 9.17) is 4.42 Å². The molecule has 0 aliphatic carbocycles. The SMILES string of the molecule is CCCNCCc1nnc(C2Cc3ccccc3S2)o1. The molecule has 1 aliphatic rings. The minimum atomic E-state index is 0.275. The Balaban J connectivity index is 1.58. The van der Waals surface area contributed by atoms with Gasteiger partial charge >= 0.3 is 0 Å². The molecule has 2 aromatic rings. The Kier molecular flexibility index (Phi) is 4.38. The number of fused-ring (bicyclic) bond motifs is 1. The van der Waals surface area contributed by atoms with E-state index >= 15 is 0 Å². The molecule has 3 rings (SSSR count). The summed E-state index contributed by atoms with van der Waals surface area (Å²) in [4.78, 5) is 1.34. The lowest BCUT2D eigenvalue weighted by Crippen LogP contribution is -2.17. The van der Waals surface area contributed by atoms with Crippen molar-refractivity contribution in [3.8, 4) is 0 Å². The first kappa shape index (κ1) is 13.6. The lowest BCUT2D eigenvalue weighted by molar-refractivity contribution is 0.441. The topological polar surface area (TPSA) is 51.0 Å². The van der Waals surface area contributed by atoms with E-state index in [0.29, 0.717) is 0 Å². The lowest BCUT2D eigenvalue weighted by Gasteiger charge is -2.01. The molecule has 5 heteroatoms. The normalized spacial score (nSPS) is 17.4. The van der Waals surface area contributed by atoms with Gasteiger partial charge in [0.2, 0.25) is 11.8 Å². The molecular weight excluding hydrogens is 270 g/mol. The van der Waals surface area contributed by atoms with Gasteiger partial charge in [-0.05, 0) is 31.0 Å². The van der Waals surface area contributed by atoms with Gasteiger partial charge in [0.25, 0.3) is 0 Å². The summed E-state index contributed by atoms with van der Waals surface area (Å²) in [7, 11) is 0. The van der Waals surface area contributed by atoms with Crippen LogP contribution in [-0.2, 0) is 12.8 Å². The highest BCUT2D eigenvalue weighted by Crippen LogP contribution is 2.45. The number of benzene rings is 1. The van der Waals surface area contributed by atoms with Crippen LogP contribution in [-0.4, -0.2) is 23.3 Å². The average molecular weight is 289 g/mol. The van der Waals surface area contributed by atoms with Crippen molar-refractivity contribution in [2.24, 2.45) is 0 Å². The predicted octanol–water partition coefficient (Wildman–Crippen LogP) is 3.00. The molecule has 2 heterocycles. The summed E-state index contributed by atoms with van der Waals surface area (Å²) in [6.07, 6.45) is 2.93. The van der Waals surface area contributed by atoms with Crippen molar-refractivity contribution in [3.63, 3.8) is 0 Å². The summed E-state index contributed by atoms with van der Waals surface area (Å²) in [5.74, 6) is 1.50. The van der Waals surface area contributed by atoms with Crippen LogP contribution in [0.4, 0.5) is 0 Å². The third kappa shape index (κ3) is 3.04. The Morgan fingerprint density at radius 2 is 2.20 bits per heavy atom. The van der Waals surface area contributed by atoms with E-state index in [1.807, 2.05) is 11.8 Å². The van der Waals surface area contributed by atoms with Crippen molar-refractivity contribution >= 4 is 11.8 Å². The van der Waals surface area contributed by atoms with Crippen molar-refractivity contribution < 1.29 is 4.42 Å². The summed E-state index contributed by atoms with van der Waals surface area (Å²) in [5.41, 5.74) is 1.38. The number of nitrogens with one attached hydrogen (secondary N) is 1. The second-order valence-electron chi connectivity index (χ2n) is 4.95. The molecule has 0 spiro atoms. The fourth-order valence-electron chi connectivity index (χ4n) is 2.31. The minimum Gasteiger partial charge on any atom is -0.424 e. The predicted molar refractivity (Wildman–Crippen MR) is 79.9 cm³/mol. The van der Waals surface area contributed by atoms with Crippen LogP contribution in [0.2, 0.25) is 0 Å². The molecule has 1 aromatic carbocycles. The molecule has 1 aliphatic heterocycles. The van der Waals surface area contributed by atoms with Gasteiger partial charge in [-0.15, -0.1) is 22.0 Å². The molecule has 0 amide bonds. The maximum Gasteiger partial charge on any atom is 0.230 e. The van der Waals surface area contributed by atoms with E-state index in [2.05, 4.69) is 46.7 Å². The number of aromatic nitrogens is 2. The van der Waals surface area contributed by atoms with Crippen LogP contribution in [0.3, 0.4) is 0 Å². The van der Waals surface area contributed by atoms with Gasteiger partial charge in [-0.3, -0.25) is 0 Å². The molecule has 0 radical (unpaired) electrons. The fraction of sp³-hybridized carbons (Fsp3) is 0.467. The number of hydrogen-bond acceptors (Lipinski definition) is 5. The second kappa shape index (κ2) is 6.41. The molecule has 0 saturated carbocycles. The summed E-state index contributed by atoms with van der Waals surface area (Å²) in [5, 5.41) is 12.0. The van der Waals surface area contributed by atoms with Gasteiger partial charge in [-0.1, -0.05) is 25.1 Å². The Bertz CT molecular complexity index is 545. The molecule has 4 nitrogen and oxygen atoms in total. The van der Waals surface area contributed by atoms with E-state index in [1.54, 1.807) is 0 Å². The van der Waals surface area contributed by atoms with Crippen molar-refractivity contribution in [1.82, 2.24) is 15.5 Å². The number of nitrogens with zero attached hydrogens (tertiary/aromatic N) is 2. The lowest BCUT2D eigenvalue weighted by atomic mass is 10.1. The largest absolute Gasteiger partial charge is 0.424 e. The zero-order valence-corrected chi connectivity index (χ0v) is 12.4. The van der Waals surface area contributed by atoms with E-state index < -0.39 is 0 Å². The molecule has 0 bridgehead atoms. The zero-order valence-electron chi connectivity index (χ0n) is 11.6. The third-order valence-electron chi connectivity index (χ3n) is 3.35. The van der Waals surface area contributed by atoms with E-state index in [-0.39, 0.29) is 5.25 Å². The number of hydrogen-bond donors (Lipinski definition) is 1. The fourth-order valence-corrected chi connectivity index (χ4v) is 3.54. The first-order valence-electron chi connectivity index (χ1n) is 7.14. The second-order valence-corrected chi connectivity index (χ2v) is 6.20. The highest BCUT2D eigenvalue weighted by atomic mass is 32.2. The summed E-state index contributed by atoms with van der Waals surface area (Å²) < 4.78 is 5.80. The number of rotatable bonds is 6. The van der Waals surface area contributed by atoms with Gasteiger partial charge in [0, 0.05) is 17.9 Å². The maximum atomic E-state index is 5.80. The van der Waals surface area contributed by atoms with E-state index in [0.717, 1.165) is 44.1 Å². The van der Waals surface area contributed by atoms with E-state index in [9.17, 15) is 0 Å². The molecule has 106 valence electrons. The molecule has 1 aromatic heterocycles. The monoisotopic (exact) mass is 289 g/mol. The average Bonchev–Trinajstić information content (AvgIpc) is 3.09. The van der Waals surface area contributed by atoms with Crippen molar-refractivity contribution in [3.05, 3.63) is 41.6 Å². The smallest absolute Gasteiger partial charge is 0.230 e. The molecule has 1 unspecified atom stereocenters. The van der Waals surface area contributed by atoms with Gasteiger partial charge in [0.15, 0.2) is 0 Å². The summed E-state index contributed by atoms with van der Waals surface area (Å²) in [6, 6.07) is 8.49. The maximum absolute atomic E-state index is 5.80. The minimum absolute atomic E-state index is 0.275. The molecule has 0 saturated heterocycles. The zero-order chi connectivity index (χ0) is 13.8. The molecule has 20 heavy (non-hydrogen) atoms. The van der Waals surface area contributed by atoms with Crippen LogP contribution in [0.15, 0.2) is 33.6 Å². The first-order valence-corrected chi connectivity index (χ1v) is 8.02. The summed E-state index contributed by atoms with van der Waals surface area (Å²) >= 11 is 1.82.